The van der Waals surface area contributed by atoms with Gasteiger partial charge in [-0.05, 0) is 38.7 Å². The van der Waals surface area contributed by atoms with Gasteiger partial charge in [0.15, 0.2) is 0 Å². The molecular formula is C16H18ClF3N2O2. The lowest BCUT2D eigenvalue weighted by atomic mass is 9.95. The monoisotopic (exact) mass is 362 g/mol. The van der Waals surface area contributed by atoms with Crippen LogP contribution in [0, 0.1) is 0 Å². The molecule has 0 spiro atoms. The van der Waals surface area contributed by atoms with Gasteiger partial charge in [0.05, 0.1) is 5.56 Å². The molecule has 1 aromatic rings. The molecule has 0 saturated heterocycles. The van der Waals surface area contributed by atoms with Crippen LogP contribution in [0.15, 0.2) is 28.7 Å². The minimum Gasteiger partial charge on any atom is -0.348 e. The first-order chi connectivity index (χ1) is 11.2. The highest BCUT2D eigenvalue weighted by Crippen LogP contribution is 2.29. The van der Waals surface area contributed by atoms with E-state index in [2.05, 4.69) is 11.4 Å². The van der Waals surface area contributed by atoms with Crippen molar-refractivity contribution in [3.05, 3.63) is 44.9 Å². The number of pyridine rings is 1. The number of hydrogen-bond donors (Lipinski definition) is 1. The van der Waals surface area contributed by atoms with Crippen molar-refractivity contribution in [1.82, 2.24) is 9.88 Å². The van der Waals surface area contributed by atoms with Gasteiger partial charge in [-0.1, -0.05) is 23.3 Å². The molecule has 0 bridgehead atoms. The fourth-order valence-corrected chi connectivity index (χ4v) is 2.89. The third-order valence-corrected chi connectivity index (χ3v) is 4.21. The molecule has 1 N–H and O–H groups in total. The number of nitrogens with one attached hydrogen (secondary N) is 1. The van der Waals surface area contributed by atoms with Crippen molar-refractivity contribution < 1.29 is 18.0 Å². The van der Waals surface area contributed by atoms with Gasteiger partial charge in [0.1, 0.15) is 11.6 Å². The molecule has 1 aliphatic rings. The maximum Gasteiger partial charge on any atom is 0.417 e. The zero-order valence-corrected chi connectivity index (χ0v) is 13.9. The largest absolute Gasteiger partial charge is 0.417 e. The van der Waals surface area contributed by atoms with Crippen molar-refractivity contribution in [2.45, 2.75) is 51.4 Å². The molecule has 1 atom stereocenters. The van der Waals surface area contributed by atoms with E-state index in [1.807, 2.05) is 6.92 Å². The number of amides is 1. The summed E-state index contributed by atoms with van der Waals surface area (Å²) in [5, 5.41) is 2.14. The Morgan fingerprint density at radius 3 is 2.71 bits per heavy atom. The number of alkyl halides is 3. The highest BCUT2D eigenvalue weighted by atomic mass is 35.5. The van der Waals surface area contributed by atoms with Gasteiger partial charge >= 0.3 is 6.18 Å². The molecule has 0 fully saturated rings. The Balaban J connectivity index is 2.12. The van der Waals surface area contributed by atoms with Crippen LogP contribution in [-0.2, 0) is 17.5 Å². The summed E-state index contributed by atoms with van der Waals surface area (Å²) in [6.45, 7) is 1.30. The molecule has 0 aliphatic heterocycles. The lowest BCUT2D eigenvalue weighted by molar-refractivity contribution is -0.138. The second-order valence-electron chi connectivity index (χ2n) is 5.82. The van der Waals surface area contributed by atoms with Crippen LogP contribution < -0.4 is 10.9 Å². The summed E-state index contributed by atoms with van der Waals surface area (Å²) in [4.78, 5) is 23.9. The highest BCUT2D eigenvalue weighted by Gasteiger charge is 2.32. The van der Waals surface area contributed by atoms with Gasteiger partial charge in [-0.3, -0.25) is 9.59 Å². The molecule has 0 saturated carbocycles. The third kappa shape index (κ3) is 4.63. The zero-order chi connectivity index (χ0) is 17.9. The van der Waals surface area contributed by atoms with Crippen LogP contribution in [-0.4, -0.2) is 16.5 Å². The maximum absolute atomic E-state index is 12.8. The number of nitrogens with zero attached hydrogens (tertiary/aromatic N) is 1. The van der Waals surface area contributed by atoms with Gasteiger partial charge < -0.3 is 9.88 Å². The predicted molar refractivity (Wildman–Crippen MR) is 84.9 cm³/mol. The van der Waals surface area contributed by atoms with E-state index in [1.165, 1.54) is 0 Å². The molecule has 1 heterocycles. The number of allylic oxidation sites excluding steroid dienone is 1. The molecule has 0 unspecified atom stereocenters. The molecular weight excluding hydrogens is 345 g/mol. The Hall–Kier alpha value is -1.76. The lowest BCUT2D eigenvalue weighted by Crippen LogP contribution is -2.38. The van der Waals surface area contributed by atoms with Crippen LogP contribution in [0.1, 0.15) is 38.2 Å². The molecule has 0 aromatic carbocycles. The number of halogens is 4. The van der Waals surface area contributed by atoms with Gasteiger partial charge in [-0.25, -0.2) is 0 Å². The summed E-state index contributed by atoms with van der Waals surface area (Å²) in [5.41, 5.74) is -0.795. The molecule has 2 rings (SSSR count). The van der Waals surface area contributed by atoms with E-state index in [0.29, 0.717) is 16.8 Å². The molecule has 1 amide bonds. The lowest BCUT2D eigenvalue weighted by Gasteiger charge is -2.21. The summed E-state index contributed by atoms with van der Waals surface area (Å²) in [6, 6.07) is 0.350. The van der Waals surface area contributed by atoms with Crippen molar-refractivity contribution in [1.29, 1.82) is 0 Å². The van der Waals surface area contributed by atoms with E-state index in [-0.39, 0.29) is 6.04 Å². The average Bonchev–Trinajstić information content (AvgIpc) is 2.51. The van der Waals surface area contributed by atoms with E-state index in [1.54, 1.807) is 0 Å². The van der Waals surface area contributed by atoms with E-state index < -0.39 is 34.8 Å². The minimum atomic E-state index is -4.64. The van der Waals surface area contributed by atoms with Crippen LogP contribution >= 0.6 is 11.6 Å². The molecule has 24 heavy (non-hydrogen) atoms. The van der Waals surface area contributed by atoms with Gasteiger partial charge in [0.2, 0.25) is 5.91 Å². The second kappa shape index (κ2) is 7.42. The van der Waals surface area contributed by atoms with Crippen LogP contribution in [0.4, 0.5) is 13.2 Å². The van der Waals surface area contributed by atoms with Crippen molar-refractivity contribution in [3.8, 4) is 0 Å². The normalized spacial score (nSPS) is 16.5. The number of aromatic nitrogens is 1. The van der Waals surface area contributed by atoms with Crippen molar-refractivity contribution in [2.75, 3.05) is 0 Å². The number of rotatable bonds is 4. The van der Waals surface area contributed by atoms with E-state index >= 15 is 0 Å². The van der Waals surface area contributed by atoms with Gasteiger partial charge in [0.25, 0.3) is 5.56 Å². The van der Waals surface area contributed by atoms with Gasteiger partial charge in [0, 0.05) is 12.2 Å². The topological polar surface area (TPSA) is 51.1 Å². The molecule has 1 aromatic heterocycles. The van der Waals surface area contributed by atoms with E-state index in [0.717, 1.165) is 31.3 Å². The predicted octanol–water partition coefficient (Wildman–Crippen LogP) is 3.53. The van der Waals surface area contributed by atoms with Crippen LogP contribution in [0.5, 0.6) is 0 Å². The molecule has 8 heteroatoms. The zero-order valence-electron chi connectivity index (χ0n) is 13.1. The van der Waals surface area contributed by atoms with Crippen molar-refractivity contribution >= 4 is 17.5 Å². The summed E-state index contributed by atoms with van der Waals surface area (Å²) in [5.74, 6) is -0.536. The van der Waals surface area contributed by atoms with Gasteiger partial charge in [-0.15, -0.1) is 0 Å². The second-order valence-corrected chi connectivity index (χ2v) is 6.23. The fraction of sp³-hybridized carbons (Fsp3) is 0.500. The number of carbonyl (C=O) groups excluding carboxylic acids is 1. The van der Waals surface area contributed by atoms with E-state index in [9.17, 15) is 22.8 Å². The molecule has 1 aliphatic carbocycles. The molecule has 132 valence electrons. The van der Waals surface area contributed by atoms with Gasteiger partial charge in [-0.2, -0.15) is 13.2 Å². The van der Waals surface area contributed by atoms with Crippen molar-refractivity contribution in [2.24, 2.45) is 0 Å². The van der Waals surface area contributed by atoms with Crippen molar-refractivity contribution in [3.63, 3.8) is 0 Å². The standard InChI is InChI=1S/C16H18ClF3N2O2/c1-10(11-5-3-2-4-6-11)21-14(23)9-22-8-12(16(18,19)20)7-13(17)15(22)24/h5,7-8,10H,2-4,6,9H2,1H3,(H,21,23)/t10-/m1/s1. The Labute approximate surface area is 142 Å². The van der Waals surface area contributed by atoms with Crippen LogP contribution in [0.2, 0.25) is 5.02 Å². The van der Waals surface area contributed by atoms with Crippen LogP contribution in [0.3, 0.4) is 0 Å². The maximum atomic E-state index is 12.8. The summed E-state index contributed by atoms with van der Waals surface area (Å²) in [7, 11) is 0. The highest BCUT2D eigenvalue weighted by molar-refractivity contribution is 6.30. The smallest absolute Gasteiger partial charge is 0.348 e. The Kier molecular flexibility index (Phi) is 5.74. The summed E-state index contributed by atoms with van der Waals surface area (Å²) >= 11 is 5.56. The number of hydrogen-bond acceptors (Lipinski definition) is 2. The fourth-order valence-electron chi connectivity index (χ4n) is 2.66. The Morgan fingerprint density at radius 2 is 2.12 bits per heavy atom. The summed E-state index contributed by atoms with van der Waals surface area (Å²) in [6.07, 6.45) is 2.04. The number of carbonyl (C=O) groups is 1. The first-order valence-corrected chi connectivity index (χ1v) is 8.01. The first-order valence-electron chi connectivity index (χ1n) is 7.64. The van der Waals surface area contributed by atoms with E-state index in [4.69, 9.17) is 11.6 Å². The Morgan fingerprint density at radius 1 is 1.42 bits per heavy atom. The Bertz CT molecular complexity index is 710. The third-order valence-electron chi connectivity index (χ3n) is 3.94. The molecule has 4 nitrogen and oxygen atoms in total. The SMILES string of the molecule is C[C@@H](NC(=O)Cn1cc(C(F)(F)F)cc(Cl)c1=O)C1=CCCCC1. The summed E-state index contributed by atoms with van der Waals surface area (Å²) < 4.78 is 39.0. The van der Waals surface area contributed by atoms with Crippen LogP contribution in [0.25, 0.3) is 0 Å². The minimum absolute atomic E-state index is 0.213. The molecule has 0 radical (unpaired) electrons. The first kappa shape index (κ1) is 18.6. The average molecular weight is 363 g/mol. The quantitative estimate of drug-likeness (QED) is 0.833.